The lowest BCUT2D eigenvalue weighted by Gasteiger charge is -2.15. The van der Waals surface area contributed by atoms with Crippen LogP contribution < -0.4 is 10.1 Å². The van der Waals surface area contributed by atoms with Crippen LogP contribution in [-0.2, 0) is 0 Å². The van der Waals surface area contributed by atoms with Crippen molar-refractivity contribution in [2.24, 2.45) is 0 Å². The summed E-state index contributed by atoms with van der Waals surface area (Å²) in [6, 6.07) is 0.393. The average Bonchev–Trinajstić information content (AvgIpc) is 2.64. The molecule has 6 heteroatoms. The van der Waals surface area contributed by atoms with Crippen molar-refractivity contribution in [1.82, 2.24) is 14.9 Å². The molecular formula is C10H15ClN4O. The second-order valence-electron chi connectivity index (χ2n) is 3.94. The largest absolute Gasteiger partial charge is 0.490 e. The van der Waals surface area contributed by atoms with Gasteiger partial charge >= 0.3 is 0 Å². The molecule has 16 heavy (non-hydrogen) atoms. The summed E-state index contributed by atoms with van der Waals surface area (Å²) >= 11 is 5.92. The van der Waals surface area contributed by atoms with Crippen LogP contribution >= 0.6 is 11.6 Å². The Labute approximate surface area is 99.8 Å². The van der Waals surface area contributed by atoms with Crippen LogP contribution in [0.25, 0.3) is 0 Å². The lowest BCUT2D eigenvalue weighted by molar-refractivity contribution is 0.408. The number of hydrogen-bond acceptors (Lipinski definition) is 5. The maximum absolute atomic E-state index is 5.92. The van der Waals surface area contributed by atoms with Gasteiger partial charge in [-0.05, 0) is 20.0 Å². The van der Waals surface area contributed by atoms with Crippen LogP contribution in [-0.4, -0.2) is 48.2 Å². The summed E-state index contributed by atoms with van der Waals surface area (Å²) in [6.07, 6.45) is 2.53. The minimum atomic E-state index is 0.339. The molecule has 88 valence electrons. The Bertz CT molecular complexity index is 374. The molecule has 0 aliphatic carbocycles. The molecule has 0 bridgehead atoms. The molecule has 1 aromatic heterocycles. The topological polar surface area (TPSA) is 50.3 Å². The first-order chi connectivity index (χ1) is 7.70. The Hall–Kier alpha value is -1.07. The highest BCUT2D eigenvalue weighted by atomic mass is 35.5. The van der Waals surface area contributed by atoms with Crippen molar-refractivity contribution < 1.29 is 4.74 Å². The molecule has 0 radical (unpaired) electrons. The highest BCUT2D eigenvalue weighted by molar-refractivity contribution is 6.31. The fourth-order valence-electron chi connectivity index (χ4n) is 1.88. The normalized spacial score (nSPS) is 21.1. The number of rotatable bonds is 3. The molecule has 1 unspecified atom stereocenters. The molecule has 2 rings (SSSR count). The molecule has 5 nitrogen and oxygen atoms in total. The fourth-order valence-corrected chi connectivity index (χ4v) is 2.09. The Morgan fingerprint density at radius 3 is 3.00 bits per heavy atom. The zero-order valence-corrected chi connectivity index (χ0v) is 10.2. The Balaban J connectivity index is 2.12. The van der Waals surface area contributed by atoms with Crippen LogP contribution in [0.3, 0.4) is 0 Å². The number of nitrogens with zero attached hydrogens (tertiary/aromatic N) is 3. The van der Waals surface area contributed by atoms with E-state index in [2.05, 4.69) is 27.2 Å². The summed E-state index contributed by atoms with van der Waals surface area (Å²) in [4.78, 5) is 10.3. The number of methoxy groups -OCH3 is 1. The lowest BCUT2D eigenvalue weighted by atomic mass is 10.2. The van der Waals surface area contributed by atoms with Crippen molar-refractivity contribution in [3.8, 4) is 5.75 Å². The number of likely N-dealkylation sites (N-methyl/N-ethyl adjacent to an activating group) is 1. The van der Waals surface area contributed by atoms with Gasteiger partial charge in [-0.3, -0.25) is 0 Å². The lowest BCUT2D eigenvalue weighted by Crippen LogP contribution is -2.24. The minimum absolute atomic E-state index is 0.339. The molecule has 1 saturated heterocycles. The summed E-state index contributed by atoms with van der Waals surface area (Å²) in [7, 11) is 3.67. The van der Waals surface area contributed by atoms with Gasteiger partial charge in [-0.15, -0.1) is 0 Å². The second kappa shape index (κ2) is 4.84. The second-order valence-corrected chi connectivity index (χ2v) is 4.30. The summed E-state index contributed by atoms with van der Waals surface area (Å²) in [5.41, 5.74) is 0. The van der Waals surface area contributed by atoms with Gasteiger partial charge < -0.3 is 15.0 Å². The van der Waals surface area contributed by atoms with Gasteiger partial charge in [0.1, 0.15) is 6.33 Å². The summed E-state index contributed by atoms with van der Waals surface area (Å²) in [6.45, 7) is 2.10. The summed E-state index contributed by atoms with van der Waals surface area (Å²) in [5.74, 6) is 1.18. The Kier molecular flexibility index (Phi) is 3.46. The first-order valence-corrected chi connectivity index (χ1v) is 5.58. The standard InChI is InChI=1S/C10H15ClN4O/c1-15-4-3-7(5-15)14-10-8(16-2)9(11)12-6-13-10/h6-7H,3-5H2,1-2H3,(H,12,13,14). The van der Waals surface area contributed by atoms with Gasteiger partial charge in [-0.1, -0.05) is 11.6 Å². The number of aromatic nitrogens is 2. The Morgan fingerprint density at radius 2 is 2.38 bits per heavy atom. The van der Waals surface area contributed by atoms with Gasteiger partial charge in [0.05, 0.1) is 7.11 Å². The van der Waals surface area contributed by atoms with Crippen LogP contribution in [0.1, 0.15) is 6.42 Å². The minimum Gasteiger partial charge on any atom is -0.490 e. The third kappa shape index (κ3) is 2.36. The maximum Gasteiger partial charge on any atom is 0.198 e. The molecule has 2 heterocycles. The van der Waals surface area contributed by atoms with Gasteiger partial charge in [0.25, 0.3) is 0 Å². The third-order valence-corrected chi connectivity index (χ3v) is 2.97. The quantitative estimate of drug-likeness (QED) is 0.809. The first kappa shape index (κ1) is 11.4. The predicted molar refractivity (Wildman–Crippen MR) is 63.1 cm³/mol. The number of hydrogen-bond donors (Lipinski definition) is 1. The van der Waals surface area contributed by atoms with E-state index in [0.29, 0.717) is 22.8 Å². The van der Waals surface area contributed by atoms with Gasteiger partial charge in [-0.25, -0.2) is 9.97 Å². The van der Waals surface area contributed by atoms with E-state index in [-0.39, 0.29) is 0 Å². The maximum atomic E-state index is 5.92. The monoisotopic (exact) mass is 242 g/mol. The summed E-state index contributed by atoms with van der Waals surface area (Å²) < 4.78 is 5.18. The molecule has 1 atom stereocenters. The van der Waals surface area contributed by atoms with Gasteiger partial charge in [0.2, 0.25) is 0 Å². The summed E-state index contributed by atoms with van der Waals surface area (Å²) in [5, 5.41) is 3.67. The van der Waals surface area contributed by atoms with Crippen molar-refractivity contribution in [3.63, 3.8) is 0 Å². The predicted octanol–water partition coefficient (Wildman–Crippen LogP) is 1.25. The van der Waals surface area contributed by atoms with E-state index in [0.717, 1.165) is 19.5 Å². The van der Waals surface area contributed by atoms with E-state index in [9.17, 15) is 0 Å². The van der Waals surface area contributed by atoms with Crippen LogP contribution in [0.15, 0.2) is 6.33 Å². The zero-order valence-electron chi connectivity index (χ0n) is 9.40. The molecule has 1 aliphatic heterocycles. The highest BCUT2D eigenvalue weighted by Crippen LogP contribution is 2.29. The van der Waals surface area contributed by atoms with E-state index in [1.165, 1.54) is 6.33 Å². The molecule has 1 aliphatic rings. The van der Waals surface area contributed by atoms with Crippen molar-refractivity contribution in [3.05, 3.63) is 11.5 Å². The molecule has 0 spiro atoms. The molecular weight excluding hydrogens is 228 g/mol. The number of anilines is 1. The molecule has 1 fully saturated rings. The fraction of sp³-hybridized carbons (Fsp3) is 0.600. The van der Waals surface area contributed by atoms with Crippen molar-refractivity contribution in [1.29, 1.82) is 0 Å². The molecule has 0 amide bonds. The Morgan fingerprint density at radius 1 is 1.56 bits per heavy atom. The zero-order chi connectivity index (χ0) is 11.5. The van der Waals surface area contributed by atoms with Crippen LogP contribution in [0.4, 0.5) is 5.82 Å². The van der Waals surface area contributed by atoms with Crippen molar-refractivity contribution >= 4 is 17.4 Å². The number of halogens is 1. The molecule has 0 saturated carbocycles. The van der Waals surface area contributed by atoms with Crippen LogP contribution in [0, 0.1) is 0 Å². The first-order valence-electron chi connectivity index (χ1n) is 5.20. The average molecular weight is 243 g/mol. The highest BCUT2D eigenvalue weighted by Gasteiger charge is 2.21. The number of ether oxygens (including phenoxy) is 1. The number of nitrogens with one attached hydrogen (secondary N) is 1. The van der Waals surface area contributed by atoms with Gasteiger partial charge in [0.15, 0.2) is 16.7 Å². The SMILES string of the molecule is COc1c(Cl)ncnc1NC1CCN(C)C1. The molecule has 1 aromatic rings. The van der Waals surface area contributed by atoms with E-state index >= 15 is 0 Å². The molecule has 0 aromatic carbocycles. The third-order valence-electron chi connectivity index (χ3n) is 2.70. The van der Waals surface area contributed by atoms with E-state index in [4.69, 9.17) is 16.3 Å². The van der Waals surface area contributed by atoms with Crippen molar-refractivity contribution in [2.75, 3.05) is 32.6 Å². The van der Waals surface area contributed by atoms with E-state index in [1.807, 2.05) is 0 Å². The van der Waals surface area contributed by atoms with Gasteiger partial charge in [-0.2, -0.15) is 0 Å². The van der Waals surface area contributed by atoms with Crippen molar-refractivity contribution in [2.45, 2.75) is 12.5 Å². The molecule has 1 N–H and O–H groups in total. The van der Waals surface area contributed by atoms with E-state index in [1.54, 1.807) is 7.11 Å². The van der Waals surface area contributed by atoms with Gasteiger partial charge in [0, 0.05) is 12.6 Å². The number of likely N-dealkylation sites (tertiary alicyclic amines) is 1. The van der Waals surface area contributed by atoms with Crippen LogP contribution in [0.5, 0.6) is 5.75 Å². The smallest absolute Gasteiger partial charge is 0.198 e. The van der Waals surface area contributed by atoms with E-state index < -0.39 is 0 Å². The van der Waals surface area contributed by atoms with Crippen LogP contribution in [0.2, 0.25) is 5.15 Å².